The number of aromatic nitrogens is 2. The van der Waals surface area contributed by atoms with Crippen LogP contribution >= 0.6 is 0 Å². The summed E-state index contributed by atoms with van der Waals surface area (Å²) in [5.74, 6) is -0.859. The predicted octanol–water partition coefficient (Wildman–Crippen LogP) is 2.80. The van der Waals surface area contributed by atoms with Crippen LogP contribution in [-0.4, -0.2) is 40.7 Å². The van der Waals surface area contributed by atoms with Crippen LogP contribution in [0.15, 0.2) is 42.9 Å². The summed E-state index contributed by atoms with van der Waals surface area (Å²) >= 11 is 0. The van der Waals surface area contributed by atoms with Gasteiger partial charge >= 0.3 is 5.97 Å². The molecule has 2 aromatic rings. The number of benzene rings is 1. The fourth-order valence-electron chi connectivity index (χ4n) is 4.00. The number of ether oxygens (including phenoxy) is 2. The summed E-state index contributed by atoms with van der Waals surface area (Å²) < 4.78 is 11.0. The van der Waals surface area contributed by atoms with E-state index in [1.807, 2.05) is 0 Å². The molecular formula is C20H23N3O4. The molecule has 27 heavy (non-hydrogen) atoms. The van der Waals surface area contributed by atoms with Crippen molar-refractivity contribution in [3.05, 3.63) is 54.1 Å². The molecule has 2 aliphatic heterocycles. The molecule has 1 amide bonds. The molecule has 7 heteroatoms. The Morgan fingerprint density at radius 1 is 1.22 bits per heavy atom. The molecule has 4 atom stereocenters. The Kier molecular flexibility index (Phi) is 4.85. The van der Waals surface area contributed by atoms with Crippen molar-refractivity contribution in [3.8, 4) is 0 Å². The normalized spacial score (nSPS) is 26.0. The smallest absolute Gasteiger partial charge is 0.338 e. The Bertz CT molecular complexity index is 831. The first-order valence-electron chi connectivity index (χ1n) is 9.16. The van der Waals surface area contributed by atoms with Crippen LogP contribution in [0, 0.1) is 5.92 Å². The van der Waals surface area contributed by atoms with Gasteiger partial charge in [0.25, 0.3) is 0 Å². The van der Waals surface area contributed by atoms with E-state index in [2.05, 4.69) is 15.3 Å². The lowest BCUT2D eigenvalue weighted by Gasteiger charge is -2.26. The zero-order valence-corrected chi connectivity index (χ0v) is 15.0. The number of carbonyl (C=O) groups excluding carboxylic acids is 2. The van der Waals surface area contributed by atoms with Crippen LogP contribution in [0.4, 0.5) is 5.69 Å². The van der Waals surface area contributed by atoms with Crippen LogP contribution in [0.2, 0.25) is 0 Å². The average molecular weight is 369 g/mol. The van der Waals surface area contributed by atoms with E-state index < -0.39 is 0 Å². The Labute approximate surface area is 158 Å². The quantitative estimate of drug-likeness (QED) is 0.815. The second-order valence-corrected chi connectivity index (χ2v) is 6.76. The molecule has 0 aliphatic carbocycles. The maximum atomic E-state index is 13.0. The predicted molar refractivity (Wildman–Crippen MR) is 99.3 cm³/mol. The minimum absolute atomic E-state index is 0. The number of carbonyl (C=O) groups is 2. The molecule has 1 aromatic carbocycles. The summed E-state index contributed by atoms with van der Waals surface area (Å²) in [6, 6.07) is 6.70. The van der Waals surface area contributed by atoms with E-state index in [1.165, 1.54) is 0 Å². The number of amides is 1. The highest BCUT2D eigenvalue weighted by Gasteiger charge is 2.53. The average Bonchev–Trinajstić information content (AvgIpc) is 3.31. The fraction of sp³-hybridized carbons (Fsp3) is 0.400. The zero-order valence-electron chi connectivity index (χ0n) is 15.0. The van der Waals surface area contributed by atoms with Gasteiger partial charge in [0.2, 0.25) is 5.91 Å². The number of fused-ring (bicyclic) bond motifs is 2. The lowest BCUT2D eigenvalue weighted by molar-refractivity contribution is -0.121. The molecule has 2 aliphatic rings. The molecular weight excluding hydrogens is 346 g/mol. The summed E-state index contributed by atoms with van der Waals surface area (Å²) in [5, 5.41) is 2.95. The van der Waals surface area contributed by atoms with Crippen molar-refractivity contribution in [2.75, 3.05) is 11.9 Å². The molecule has 0 saturated carbocycles. The van der Waals surface area contributed by atoms with Gasteiger partial charge in [-0.15, -0.1) is 0 Å². The van der Waals surface area contributed by atoms with E-state index >= 15 is 0 Å². The number of hydrogen-bond acceptors (Lipinski definition) is 6. The summed E-state index contributed by atoms with van der Waals surface area (Å²) in [6.45, 7) is 2.09. The molecule has 1 N–H and O–H groups in total. The van der Waals surface area contributed by atoms with Crippen LogP contribution in [0.1, 0.15) is 43.2 Å². The Balaban J connectivity index is 0.00000225. The van der Waals surface area contributed by atoms with Gasteiger partial charge in [-0.2, -0.15) is 0 Å². The van der Waals surface area contributed by atoms with Gasteiger partial charge in [0, 0.05) is 31.6 Å². The first kappa shape index (κ1) is 17.6. The summed E-state index contributed by atoms with van der Waals surface area (Å²) in [4.78, 5) is 33.2. The fourth-order valence-corrected chi connectivity index (χ4v) is 4.00. The maximum absolute atomic E-state index is 13.0. The van der Waals surface area contributed by atoms with Gasteiger partial charge < -0.3 is 14.8 Å². The van der Waals surface area contributed by atoms with Gasteiger partial charge in [0.15, 0.2) is 0 Å². The minimum Gasteiger partial charge on any atom is -0.462 e. The van der Waals surface area contributed by atoms with Crippen LogP contribution in [0.3, 0.4) is 0 Å². The van der Waals surface area contributed by atoms with Crippen LogP contribution in [0.5, 0.6) is 0 Å². The third kappa shape index (κ3) is 3.42. The molecule has 1 aromatic heterocycles. The SMILES string of the molecule is CCOC(=O)c1ccc(NC(=O)[C@@H]2[C@H](c3cnccn3)[C@@H]3CC[C@H]2O3)cc1.[HH]. The van der Waals surface area contributed by atoms with Gasteiger partial charge in [-0.3, -0.25) is 14.8 Å². The number of hydrogen-bond donors (Lipinski definition) is 1. The molecule has 2 fully saturated rings. The van der Waals surface area contributed by atoms with Gasteiger partial charge in [-0.05, 0) is 44.0 Å². The van der Waals surface area contributed by atoms with Crippen molar-refractivity contribution >= 4 is 17.6 Å². The van der Waals surface area contributed by atoms with Gasteiger partial charge in [-0.1, -0.05) is 0 Å². The number of nitrogens with zero attached hydrogens (tertiary/aromatic N) is 2. The van der Waals surface area contributed by atoms with Crippen LogP contribution < -0.4 is 5.32 Å². The van der Waals surface area contributed by atoms with Crippen molar-refractivity contribution in [1.29, 1.82) is 0 Å². The Morgan fingerprint density at radius 3 is 2.70 bits per heavy atom. The number of anilines is 1. The van der Waals surface area contributed by atoms with E-state index in [1.54, 1.807) is 49.8 Å². The Morgan fingerprint density at radius 2 is 2.00 bits per heavy atom. The molecule has 3 heterocycles. The van der Waals surface area contributed by atoms with E-state index in [4.69, 9.17) is 9.47 Å². The van der Waals surface area contributed by atoms with Crippen molar-refractivity contribution in [3.63, 3.8) is 0 Å². The maximum Gasteiger partial charge on any atom is 0.338 e. The third-order valence-corrected chi connectivity index (χ3v) is 5.16. The van der Waals surface area contributed by atoms with E-state index in [9.17, 15) is 9.59 Å². The first-order valence-corrected chi connectivity index (χ1v) is 9.16. The summed E-state index contributed by atoms with van der Waals surface area (Å²) in [5.41, 5.74) is 1.88. The third-order valence-electron chi connectivity index (χ3n) is 5.16. The van der Waals surface area contributed by atoms with Crippen molar-refractivity contribution < 1.29 is 20.5 Å². The van der Waals surface area contributed by atoms with Crippen molar-refractivity contribution in [2.24, 2.45) is 5.92 Å². The standard InChI is InChI=1S/C20H21N3O4.H2/c1-2-26-20(25)12-3-5-13(6-4-12)23-19(24)18-16-8-7-15(27-16)17(18)14-11-21-9-10-22-14;/h3-6,9-11,15-18H,2,7-8H2,1H3,(H,23,24);1H/t15-,16+,17+,18-;/m0./s1. The molecule has 142 valence electrons. The molecule has 0 radical (unpaired) electrons. The van der Waals surface area contributed by atoms with Crippen molar-refractivity contribution in [1.82, 2.24) is 9.97 Å². The largest absolute Gasteiger partial charge is 0.462 e. The summed E-state index contributed by atoms with van der Waals surface area (Å²) in [7, 11) is 0. The second kappa shape index (κ2) is 7.44. The Hall–Kier alpha value is -2.80. The molecule has 4 rings (SSSR count). The topological polar surface area (TPSA) is 90.4 Å². The lowest BCUT2D eigenvalue weighted by Crippen LogP contribution is -2.36. The second-order valence-electron chi connectivity index (χ2n) is 6.76. The van der Waals surface area contributed by atoms with E-state index in [0.717, 1.165) is 18.5 Å². The molecule has 0 unspecified atom stereocenters. The van der Waals surface area contributed by atoms with Gasteiger partial charge in [0.1, 0.15) is 0 Å². The molecule has 2 bridgehead atoms. The number of rotatable bonds is 5. The summed E-state index contributed by atoms with van der Waals surface area (Å²) in [6.07, 6.45) is 6.70. The first-order chi connectivity index (χ1) is 13.2. The van der Waals surface area contributed by atoms with Crippen LogP contribution in [0.25, 0.3) is 0 Å². The highest BCUT2D eigenvalue weighted by molar-refractivity contribution is 5.95. The van der Waals surface area contributed by atoms with Gasteiger partial charge in [0.05, 0.1) is 36.0 Å². The van der Waals surface area contributed by atoms with E-state index in [-0.39, 0.29) is 37.3 Å². The monoisotopic (exact) mass is 369 g/mol. The number of esters is 1. The van der Waals surface area contributed by atoms with Crippen LogP contribution in [-0.2, 0) is 14.3 Å². The minimum atomic E-state index is -0.375. The zero-order chi connectivity index (χ0) is 18.8. The molecule has 2 saturated heterocycles. The lowest BCUT2D eigenvalue weighted by atomic mass is 9.77. The number of nitrogens with one attached hydrogen (secondary N) is 1. The highest BCUT2D eigenvalue weighted by atomic mass is 16.5. The molecule has 7 nitrogen and oxygen atoms in total. The van der Waals surface area contributed by atoms with Gasteiger partial charge in [-0.25, -0.2) is 4.79 Å². The molecule has 0 spiro atoms. The van der Waals surface area contributed by atoms with E-state index in [0.29, 0.717) is 17.9 Å². The van der Waals surface area contributed by atoms with Crippen molar-refractivity contribution in [2.45, 2.75) is 37.9 Å². The highest BCUT2D eigenvalue weighted by Crippen LogP contribution is 2.48.